The predicted octanol–water partition coefficient (Wildman–Crippen LogP) is 3.98. The van der Waals surface area contributed by atoms with Crippen LogP contribution < -0.4 is 5.32 Å². The molecule has 0 aliphatic rings. The van der Waals surface area contributed by atoms with Crippen LogP contribution in [0.2, 0.25) is 0 Å². The van der Waals surface area contributed by atoms with Crippen molar-refractivity contribution >= 4 is 33.8 Å². The number of nitrogens with zero attached hydrogens (tertiary/aromatic N) is 4. The van der Waals surface area contributed by atoms with Gasteiger partial charge in [-0.05, 0) is 24.1 Å². The number of rotatable bonds is 5. The lowest BCUT2D eigenvalue weighted by atomic mass is 10.1. The lowest BCUT2D eigenvalue weighted by molar-refractivity contribution is 0.388. The maximum Gasteiger partial charge on any atom is 0.222 e. The average Bonchev–Trinajstić information content (AvgIpc) is 3.28. The first-order valence-electron chi connectivity index (χ1n) is 8.90. The largest absolute Gasteiger partial charge is 0.493 e. The quantitative estimate of drug-likeness (QED) is 0.394. The third-order valence-corrected chi connectivity index (χ3v) is 4.60. The number of nitrogens with one attached hydrogen (secondary N) is 2. The molecule has 0 fully saturated rings. The van der Waals surface area contributed by atoms with Gasteiger partial charge < -0.3 is 15.5 Å². The molecular weight excluding hydrogens is 356 g/mol. The monoisotopic (exact) mass is 376 g/mol. The molecule has 2 heterocycles. The fourth-order valence-electron chi connectivity index (χ4n) is 3.08. The molecule has 2 aromatic carbocycles. The van der Waals surface area contributed by atoms with Crippen molar-refractivity contribution in [3.63, 3.8) is 0 Å². The number of aliphatic imine (C=N–C) groups is 1. The van der Waals surface area contributed by atoms with E-state index in [9.17, 15) is 10.2 Å². The van der Waals surface area contributed by atoms with Crippen molar-refractivity contribution in [3.05, 3.63) is 54.1 Å². The van der Waals surface area contributed by atoms with E-state index in [4.69, 9.17) is 0 Å². The number of aromatic hydroxyl groups is 2. The molecule has 8 nitrogen and oxygen atoms in total. The van der Waals surface area contributed by atoms with Crippen LogP contribution in [-0.2, 0) is 7.05 Å². The van der Waals surface area contributed by atoms with E-state index in [0.29, 0.717) is 28.8 Å². The smallest absolute Gasteiger partial charge is 0.222 e. The van der Waals surface area contributed by atoms with E-state index in [1.54, 1.807) is 7.05 Å². The van der Waals surface area contributed by atoms with Gasteiger partial charge in [0.15, 0.2) is 5.69 Å². The molecule has 0 bridgehead atoms. The van der Waals surface area contributed by atoms with Crippen molar-refractivity contribution in [2.24, 2.45) is 12.0 Å². The minimum absolute atomic E-state index is 0.125. The number of aromatic amines is 1. The van der Waals surface area contributed by atoms with Crippen LogP contribution in [0.4, 0.5) is 17.1 Å². The lowest BCUT2D eigenvalue weighted by Crippen LogP contribution is -1.98. The molecule has 4 N–H and O–H groups in total. The first-order valence-corrected chi connectivity index (χ1v) is 8.90. The SMILES string of the molecule is CCC(=Nc1c(Nc2cccc3n[nH]nc23)c(O)n(C)c1O)c1ccccc1. The second-order valence-corrected chi connectivity index (χ2v) is 6.33. The second-order valence-electron chi connectivity index (χ2n) is 6.33. The van der Waals surface area contributed by atoms with E-state index in [2.05, 4.69) is 25.7 Å². The Kier molecular flexibility index (Phi) is 4.44. The van der Waals surface area contributed by atoms with Crippen molar-refractivity contribution in [3.8, 4) is 11.8 Å². The summed E-state index contributed by atoms with van der Waals surface area (Å²) in [4.78, 5) is 4.67. The Morgan fingerprint density at radius 1 is 1.07 bits per heavy atom. The Balaban J connectivity index is 1.84. The van der Waals surface area contributed by atoms with Gasteiger partial charge in [-0.15, -0.1) is 0 Å². The summed E-state index contributed by atoms with van der Waals surface area (Å²) >= 11 is 0. The van der Waals surface area contributed by atoms with Gasteiger partial charge in [0.1, 0.15) is 16.7 Å². The Bertz CT molecular complexity index is 1160. The first-order chi connectivity index (χ1) is 13.6. The lowest BCUT2D eigenvalue weighted by Gasteiger charge is -2.08. The third-order valence-electron chi connectivity index (χ3n) is 4.60. The van der Waals surface area contributed by atoms with Crippen molar-refractivity contribution in [1.29, 1.82) is 0 Å². The van der Waals surface area contributed by atoms with E-state index in [0.717, 1.165) is 11.3 Å². The molecule has 142 valence electrons. The first kappa shape index (κ1) is 17.6. The minimum Gasteiger partial charge on any atom is -0.493 e. The highest BCUT2D eigenvalue weighted by molar-refractivity contribution is 6.04. The molecule has 0 saturated carbocycles. The fourth-order valence-corrected chi connectivity index (χ4v) is 3.08. The van der Waals surface area contributed by atoms with Gasteiger partial charge in [-0.1, -0.05) is 43.3 Å². The highest BCUT2D eigenvalue weighted by Crippen LogP contribution is 2.46. The van der Waals surface area contributed by atoms with Crippen LogP contribution in [0.3, 0.4) is 0 Å². The van der Waals surface area contributed by atoms with Gasteiger partial charge >= 0.3 is 0 Å². The van der Waals surface area contributed by atoms with Gasteiger partial charge in [-0.2, -0.15) is 15.4 Å². The summed E-state index contributed by atoms with van der Waals surface area (Å²) in [6, 6.07) is 15.2. The standard InChI is InChI=1S/C20H20N6O2/c1-3-13(12-8-5-4-6-9-12)21-17-18(20(28)26(2)19(17)27)22-14-10-7-11-15-16(14)24-25-23-15/h4-11,22,27-28H,3H2,1-2H3,(H,23,24,25). The van der Waals surface area contributed by atoms with Crippen molar-refractivity contribution in [2.45, 2.75) is 13.3 Å². The maximum absolute atomic E-state index is 10.6. The fraction of sp³-hybridized carbons (Fsp3) is 0.150. The van der Waals surface area contributed by atoms with Crippen molar-refractivity contribution < 1.29 is 10.2 Å². The zero-order valence-electron chi connectivity index (χ0n) is 15.5. The van der Waals surface area contributed by atoms with Crippen LogP contribution in [0.5, 0.6) is 11.8 Å². The van der Waals surface area contributed by atoms with E-state index >= 15 is 0 Å². The van der Waals surface area contributed by atoms with Gasteiger partial charge in [-0.25, -0.2) is 4.99 Å². The van der Waals surface area contributed by atoms with E-state index in [1.165, 1.54) is 4.57 Å². The van der Waals surface area contributed by atoms with Crippen molar-refractivity contribution in [1.82, 2.24) is 20.0 Å². The molecule has 0 unspecified atom stereocenters. The Morgan fingerprint density at radius 3 is 2.61 bits per heavy atom. The normalized spacial score (nSPS) is 11.9. The highest BCUT2D eigenvalue weighted by atomic mass is 16.3. The molecule has 0 aliphatic heterocycles. The van der Waals surface area contributed by atoms with E-state index in [-0.39, 0.29) is 17.4 Å². The summed E-state index contributed by atoms with van der Waals surface area (Å²) in [7, 11) is 1.57. The maximum atomic E-state index is 10.6. The Morgan fingerprint density at radius 2 is 1.86 bits per heavy atom. The predicted molar refractivity (Wildman–Crippen MR) is 109 cm³/mol. The molecule has 0 amide bonds. The zero-order chi connectivity index (χ0) is 19.7. The number of hydrogen-bond donors (Lipinski definition) is 4. The highest BCUT2D eigenvalue weighted by Gasteiger charge is 2.22. The minimum atomic E-state index is -0.130. The molecule has 0 radical (unpaired) electrons. The Hall–Kier alpha value is -3.81. The van der Waals surface area contributed by atoms with Gasteiger partial charge in [0.2, 0.25) is 11.8 Å². The van der Waals surface area contributed by atoms with Crippen LogP contribution >= 0.6 is 0 Å². The number of aromatic nitrogens is 4. The molecule has 28 heavy (non-hydrogen) atoms. The van der Waals surface area contributed by atoms with Crippen LogP contribution in [-0.4, -0.2) is 35.9 Å². The van der Waals surface area contributed by atoms with E-state index < -0.39 is 0 Å². The number of benzene rings is 2. The molecule has 2 aromatic heterocycles. The van der Waals surface area contributed by atoms with Gasteiger partial charge in [0.05, 0.1) is 5.69 Å². The summed E-state index contributed by atoms with van der Waals surface area (Å²) < 4.78 is 1.28. The number of hydrogen-bond acceptors (Lipinski definition) is 6. The molecular formula is C20H20N6O2. The average molecular weight is 376 g/mol. The summed E-state index contributed by atoms with van der Waals surface area (Å²) in [5.41, 5.74) is 4.27. The van der Waals surface area contributed by atoms with Crippen LogP contribution in [0.25, 0.3) is 11.0 Å². The van der Waals surface area contributed by atoms with Gasteiger partial charge in [0.25, 0.3) is 0 Å². The van der Waals surface area contributed by atoms with Crippen LogP contribution in [0, 0.1) is 0 Å². The molecule has 4 rings (SSSR count). The number of fused-ring (bicyclic) bond motifs is 1. The molecule has 4 aromatic rings. The van der Waals surface area contributed by atoms with E-state index in [1.807, 2.05) is 55.5 Å². The molecule has 8 heteroatoms. The molecule has 0 aliphatic carbocycles. The molecule has 0 spiro atoms. The Labute approximate surface area is 161 Å². The molecule has 0 saturated heterocycles. The molecule has 0 atom stereocenters. The second kappa shape index (κ2) is 7.07. The summed E-state index contributed by atoms with van der Waals surface area (Å²) in [5.74, 6) is -0.255. The number of anilines is 2. The summed E-state index contributed by atoms with van der Waals surface area (Å²) in [5, 5.41) is 35.1. The van der Waals surface area contributed by atoms with Gasteiger partial charge in [-0.3, -0.25) is 4.57 Å². The third kappa shape index (κ3) is 2.94. The van der Waals surface area contributed by atoms with Crippen molar-refractivity contribution in [2.75, 3.05) is 5.32 Å². The summed E-state index contributed by atoms with van der Waals surface area (Å²) in [6.45, 7) is 1.99. The van der Waals surface area contributed by atoms with Gasteiger partial charge in [0, 0.05) is 12.8 Å². The number of para-hydroxylation sites is 1. The zero-order valence-corrected chi connectivity index (χ0v) is 15.5. The summed E-state index contributed by atoms with van der Waals surface area (Å²) in [6.07, 6.45) is 0.664. The number of H-pyrrole nitrogens is 1. The van der Waals surface area contributed by atoms with Crippen LogP contribution in [0.15, 0.2) is 53.5 Å². The topological polar surface area (TPSA) is 111 Å². The van der Waals surface area contributed by atoms with Crippen LogP contribution in [0.1, 0.15) is 18.9 Å².